The molecule has 3 nitrogen and oxygen atoms in total. The van der Waals surface area contributed by atoms with Gasteiger partial charge in [-0.05, 0) is 31.4 Å². The molecule has 1 N–H and O–H groups in total. The standard InChI is InChI=1S/C15H19NO2/c1-4-11-13(8-14(17)16-15(11)18)12-6-5-9(2)7-10(12)3/h5-7,11,13H,4,8H2,1-3H3,(H,16,17,18). The fourth-order valence-electron chi connectivity index (χ4n) is 2.84. The second kappa shape index (κ2) is 4.92. The van der Waals surface area contributed by atoms with Crippen molar-refractivity contribution in [3.05, 3.63) is 34.9 Å². The van der Waals surface area contributed by atoms with E-state index in [9.17, 15) is 9.59 Å². The van der Waals surface area contributed by atoms with E-state index in [0.29, 0.717) is 6.42 Å². The van der Waals surface area contributed by atoms with E-state index in [1.54, 1.807) is 0 Å². The molecule has 96 valence electrons. The van der Waals surface area contributed by atoms with Crippen molar-refractivity contribution in [3.8, 4) is 0 Å². The Hall–Kier alpha value is -1.64. The Balaban J connectivity index is 2.39. The summed E-state index contributed by atoms with van der Waals surface area (Å²) in [4.78, 5) is 23.4. The van der Waals surface area contributed by atoms with Gasteiger partial charge < -0.3 is 0 Å². The molecule has 2 unspecified atom stereocenters. The van der Waals surface area contributed by atoms with E-state index in [4.69, 9.17) is 0 Å². The van der Waals surface area contributed by atoms with Gasteiger partial charge >= 0.3 is 0 Å². The average Bonchev–Trinajstić information content (AvgIpc) is 2.28. The Labute approximate surface area is 108 Å². The highest BCUT2D eigenvalue weighted by Gasteiger charge is 2.35. The van der Waals surface area contributed by atoms with E-state index in [0.717, 1.165) is 12.0 Å². The minimum absolute atomic E-state index is 0.0249. The van der Waals surface area contributed by atoms with Crippen molar-refractivity contribution in [2.24, 2.45) is 5.92 Å². The fraction of sp³-hybridized carbons (Fsp3) is 0.467. The molecule has 2 amide bonds. The summed E-state index contributed by atoms with van der Waals surface area (Å²) < 4.78 is 0. The first-order chi connectivity index (χ1) is 8.52. The second-order valence-electron chi connectivity index (χ2n) is 5.10. The number of carbonyl (C=O) groups is 2. The molecule has 18 heavy (non-hydrogen) atoms. The minimum Gasteiger partial charge on any atom is -0.296 e. The molecule has 1 heterocycles. The van der Waals surface area contributed by atoms with E-state index in [-0.39, 0.29) is 23.7 Å². The van der Waals surface area contributed by atoms with Gasteiger partial charge in [-0.2, -0.15) is 0 Å². The molecule has 0 bridgehead atoms. The molecule has 3 heteroatoms. The van der Waals surface area contributed by atoms with Crippen LogP contribution in [0.5, 0.6) is 0 Å². The maximum absolute atomic E-state index is 11.9. The Morgan fingerprint density at radius 2 is 2.00 bits per heavy atom. The van der Waals surface area contributed by atoms with Crippen molar-refractivity contribution in [3.63, 3.8) is 0 Å². The summed E-state index contributed by atoms with van der Waals surface area (Å²) in [7, 11) is 0. The molecule has 0 aliphatic carbocycles. The van der Waals surface area contributed by atoms with Crippen molar-refractivity contribution in [1.82, 2.24) is 5.32 Å². The van der Waals surface area contributed by atoms with Gasteiger partial charge in [0.2, 0.25) is 11.8 Å². The van der Waals surface area contributed by atoms with Crippen LogP contribution in [0.25, 0.3) is 0 Å². The largest absolute Gasteiger partial charge is 0.296 e. The van der Waals surface area contributed by atoms with Crippen LogP contribution in [0.2, 0.25) is 0 Å². The van der Waals surface area contributed by atoms with Crippen molar-refractivity contribution in [2.75, 3.05) is 0 Å². The minimum atomic E-state index is -0.158. The quantitative estimate of drug-likeness (QED) is 0.813. The summed E-state index contributed by atoms with van der Waals surface area (Å²) in [6.07, 6.45) is 1.17. The van der Waals surface area contributed by atoms with Crippen LogP contribution in [0, 0.1) is 19.8 Å². The van der Waals surface area contributed by atoms with Gasteiger partial charge in [-0.3, -0.25) is 14.9 Å². The summed E-state index contributed by atoms with van der Waals surface area (Å²) in [5.74, 6) is -0.352. The second-order valence-corrected chi connectivity index (χ2v) is 5.10. The van der Waals surface area contributed by atoms with Gasteiger partial charge in [-0.25, -0.2) is 0 Å². The lowest BCUT2D eigenvalue weighted by molar-refractivity contribution is -0.137. The van der Waals surface area contributed by atoms with Gasteiger partial charge in [-0.1, -0.05) is 30.7 Å². The van der Waals surface area contributed by atoms with E-state index in [2.05, 4.69) is 17.4 Å². The molecule has 1 aromatic carbocycles. The Kier molecular flexibility index (Phi) is 3.50. The van der Waals surface area contributed by atoms with Crippen LogP contribution in [0.3, 0.4) is 0 Å². The predicted molar refractivity (Wildman–Crippen MR) is 70.2 cm³/mol. The highest BCUT2D eigenvalue weighted by molar-refractivity contribution is 5.99. The fourth-order valence-corrected chi connectivity index (χ4v) is 2.84. The van der Waals surface area contributed by atoms with Crippen LogP contribution >= 0.6 is 0 Å². The smallest absolute Gasteiger partial charge is 0.230 e. The number of aryl methyl sites for hydroxylation is 2. The van der Waals surface area contributed by atoms with Crippen molar-refractivity contribution < 1.29 is 9.59 Å². The van der Waals surface area contributed by atoms with E-state index >= 15 is 0 Å². The molecule has 0 spiro atoms. The van der Waals surface area contributed by atoms with E-state index in [1.807, 2.05) is 26.8 Å². The molecule has 2 atom stereocenters. The van der Waals surface area contributed by atoms with Crippen LogP contribution in [-0.2, 0) is 9.59 Å². The molecule has 1 saturated heterocycles. The third-order valence-corrected chi connectivity index (χ3v) is 3.76. The number of rotatable bonds is 2. The number of imide groups is 1. The Bertz CT molecular complexity index is 493. The molecule has 0 saturated carbocycles. The molecule has 0 radical (unpaired) electrons. The van der Waals surface area contributed by atoms with Crippen molar-refractivity contribution >= 4 is 11.8 Å². The average molecular weight is 245 g/mol. The molecule has 1 fully saturated rings. The zero-order valence-electron chi connectivity index (χ0n) is 11.1. The first-order valence-electron chi connectivity index (χ1n) is 6.43. The normalized spacial score (nSPS) is 23.9. The third-order valence-electron chi connectivity index (χ3n) is 3.76. The third kappa shape index (κ3) is 2.30. The van der Waals surface area contributed by atoms with Gasteiger partial charge in [0.15, 0.2) is 0 Å². The van der Waals surface area contributed by atoms with Crippen molar-refractivity contribution in [1.29, 1.82) is 0 Å². The molecular weight excluding hydrogens is 226 g/mol. The molecular formula is C15H19NO2. The van der Waals surface area contributed by atoms with Gasteiger partial charge in [0.25, 0.3) is 0 Å². The first kappa shape index (κ1) is 12.8. The van der Waals surface area contributed by atoms with Crippen LogP contribution in [0.4, 0.5) is 0 Å². The van der Waals surface area contributed by atoms with Gasteiger partial charge in [0.05, 0.1) is 0 Å². The molecule has 2 rings (SSSR count). The van der Waals surface area contributed by atoms with Gasteiger partial charge in [-0.15, -0.1) is 0 Å². The van der Waals surface area contributed by atoms with E-state index < -0.39 is 0 Å². The van der Waals surface area contributed by atoms with Crippen LogP contribution in [0.1, 0.15) is 42.4 Å². The van der Waals surface area contributed by atoms with Crippen LogP contribution < -0.4 is 5.32 Å². The lowest BCUT2D eigenvalue weighted by Gasteiger charge is -2.30. The highest BCUT2D eigenvalue weighted by Crippen LogP contribution is 2.35. The first-order valence-corrected chi connectivity index (χ1v) is 6.43. The summed E-state index contributed by atoms with van der Waals surface area (Å²) in [5.41, 5.74) is 3.51. The Morgan fingerprint density at radius 3 is 2.61 bits per heavy atom. The van der Waals surface area contributed by atoms with Gasteiger partial charge in [0.1, 0.15) is 0 Å². The number of hydrogen-bond donors (Lipinski definition) is 1. The number of hydrogen-bond acceptors (Lipinski definition) is 2. The van der Waals surface area contributed by atoms with Gasteiger partial charge in [0, 0.05) is 18.3 Å². The number of nitrogens with one attached hydrogen (secondary N) is 1. The maximum Gasteiger partial charge on any atom is 0.230 e. The van der Waals surface area contributed by atoms with Crippen LogP contribution in [-0.4, -0.2) is 11.8 Å². The highest BCUT2D eigenvalue weighted by atomic mass is 16.2. The summed E-state index contributed by atoms with van der Waals surface area (Å²) in [6, 6.07) is 6.22. The lowest BCUT2D eigenvalue weighted by atomic mass is 9.77. The molecule has 1 aliphatic heterocycles. The zero-order chi connectivity index (χ0) is 13.3. The summed E-state index contributed by atoms with van der Waals surface area (Å²) >= 11 is 0. The topological polar surface area (TPSA) is 46.2 Å². The molecule has 1 aromatic rings. The molecule has 0 aromatic heterocycles. The number of carbonyl (C=O) groups excluding carboxylic acids is 2. The predicted octanol–water partition coefficient (Wildman–Crippen LogP) is 2.46. The monoisotopic (exact) mass is 245 g/mol. The maximum atomic E-state index is 11.9. The SMILES string of the molecule is CCC1C(=O)NC(=O)CC1c1ccc(C)cc1C. The summed E-state index contributed by atoms with van der Waals surface area (Å²) in [6.45, 7) is 6.09. The van der Waals surface area contributed by atoms with E-state index in [1.165, 1.54) is 11.1 Å². The molecule has 1 aliphatic rings. The Morgan fingerprint density at radius 1 is 1.28 bits per heavy atom. The van der Waals surface area contributed by atoms with Crippen molar-refractivity contribution in [2.45, 2.75) is 39.5 Å². The number of amides is 2. The zero-order valence-corrected chi connectivity index (χ0v) is 11.1. The lowest BCUT2D eigenvalue weighted by Crippen LogP contribution is -2.44. The number of piperidine rings is 1. The number of benzene rings is 1. The van der Waals surface area contributed by atoms with Crippen LogP contribution in [0.15, 0.2) is 18.2 Å². The summed E-state index contributed by atoms with van der Waals surface area (Å²) in [5, 5.41) is 2.43.